The lowest BCUT2D eigenvalue weighted by molar-refractivity contribution is 0.695. The third-order valence-corrected chi connectivity index (χ3v) is 10.1. The van der Waals surface area contributed by atoms with Gasteiger partial charge in [-0.15, -0.1) is 0 Å². The summed E-state index contributed by atoms with van der Waals surface area (Å²) >= 11 is 0. The molecule has 1 aliphatic carbocycles. The Morgan fingerprint density at radius 2 is 1.04 bits per heavy atom. The van der Waals surface area contributed by atoms with Crippen molar-refractivity contribution in [2.75, 3.05) is 0 Å². The van der Waals surface area contributed by atoms with E-state index in [9.17, 15) is 0 Å². The number of benzene rings is 2. The van der Waals surface area contributed by atoms with E-state index in [-0.39, 0.29) is 13.3 Å². The van der Waals surface area contributed by atoms with Gasteiger partial charge in [0, 0.05) is 5.41 Å². The lowest BCUT2D eigenvalue weighted by Crippen LogP contribution is -2.30. The maximum atomic E-state index is 2.48. The molecule has 0 amide bonds. The van der Waals surface area contributed by atoms with E-state index in [1.165, 1.54) is 11.1 Å². The Labute approximate surface area is 155 Å². The average Bonchev–Trinajstić information content (AvgIpc) is 3.12. The second kappa shape index (κ2) is 6.24. The first-order valence-corrected chi connectivity index (χ1v) is 10.9. The predicted octanol–water partition coefficient (Wildman–Crippen LogP) is 7.07. The molecule has 1 aliphatic rings. The first kappa shape index (κ1) is 18.7. The van der Waals surface area contributed by atoms with Crippen LogP contribution >= 0.6 is 7.92 Å². The van der Waals surface area contributed by atoms with E-state index in [0.717, 1.165) is 5.66 Å². The maximum absolute atomic E-state index is 2.48. The van der Waals surface area contributed by atoms with Crippen LogP contribution in [0.2, 0.25) is 0 Å². The summed E-state index contributed by atoms with van der Waals surface area (Å²) in [4.78, 5) is 0. The Morgan fingerprint density at radius 3 is 1.36 bits per heavy atom. The van der Waals surface area contributed by atoms with Gasteiger partial charge in [0.15, 0.2) is 0 Å². The number of hydrogen-bond acceptors (Lipinski definition) is 0. The van der Waals surface area contributed by atoms with E-state index in [1.54, 1.807) is 0 Å². The van der Waals surface area contributed by atoms with Crippen LogP contribution in [0.25, 0.3) is 0 Å². The minimum Gasteiger partial charge on any atom is -0.0909 e. The molecule has 0 N–H and O–H groups in total. The second-order valence-electron chi connectivity index (χ2n) is 9.55. The van der Waals surface area contributed by atoms with Crippen LogP contribution in [0.15, 0.2) is 60.7 Å². The molecule has 1 heteroatoms. The highest BCUT2D eigenvalue weighted by Gasteiger charge is 2.68. The van der Waals surface area contributed by atoms with Crippen LogP contribution in [-0.2, 0) is 5.41 Å². The molecule has 2 aromatic rings. The fourth-order valence-corrected chi connectivity index (χ4v) is 10.5. The summed E-state index contributed by atoms with van der Waals surface area (Å²) in [6, 6.07) is 22.5. The third-order valence-electron chi connectivity index (χ3n) is 5.78. The van der Waals surface area contributed by atoms with Crippen LogP contribution in [0.4, 0.5) is 0 Å². The molecule has 1 fully saturated rings. The standard InChI is InChI=1S/C24H33P/c1-18-21(25(22(2,3)4)23(5,6)7)24(18,19-14-10-8-11-15-19)20-16-12-9-13-17-20/h8-18,21H,1-7H3. The Balaban J connectivity index is 2.18. The molecule has 0 radical (unpaired) electrons. The van der Waals surface area contributed by atoms with Crippen molar-refractivity contribution in [1.29, 1.82) is 0 Å². The van der Waals surface area contributed by atoms with Gasteiger partial charge < -0.3 is 0 Å². The Hall–Kier alpha value is -1.13. The van der Waals surface area contributed by atoms with E-state index in [1.807, 2.05) is 0 Å². The van der Waals surface area contributed by atoms with Crippen molar-refractivity contribution in [1.82, 2.24) is 0 Å². The molecule has 3 rings (SSSR count). The zero-order valence-electron chi connectivity index (χ0n) is 16.9. The highest BCUT2D eigenvalue weighted by Crippen LogP contribution is 2.79. The smallest absolute Gasteiger partial charge is 0.0305 e. The summed E-state index contributed by atoms with van der Waals surface area (Å²) in [5, 5.41) is 0.690. The maximum Gasteiger partial charge on any atom is 0.0305 e. The summed E-state index contributed by atoms with van der Waals surface area (Å²) in [5.74, 6) is 0.682. The SMILES string of the molecule is CC1C(P(C(C)(C)C)C(C)(C)C)C1(c1ccccc1)c1ccccc1. The van der Waals surface area contributed by atoms with Crippen LogP contribution in [0, 0.1) is 5.92 Å². The predicted molar refractivity (Wildman–Crippen MR) is 113 cm³/mol. The molecule has 0 saturated heterocycles. The van der Waals surface area contributed by atoms with Gasteiger partial charge in [0.25, 0.3) is 0 Å². The molecule has 25 heavy (non-hydrogen) atoms. The third kappa shape index (κ3) is 3.08. The molecule has 2 aromatic carbocycles. The minimum atomic E-state index is -0.165. The zero-order valence-corrected chi connectivity index (χ0v) is 17.8. The normalized spacial score (nSPS) is 22.9. The van der Waals surface area contributed by atoms with E-state index >= 15 is 0 Å². The van der Waals surface area contributed by atoms with Gasteiger partial charge >= 0.3 is 0 Å². The molecule has 1 saturated carbocycles. The lowest BCUT2D eigenvalue weighted by atomic mass is 9.86. The summed E-state index contributed by atoms with van der Waals surface area (Å²) < 4.78 is 0. The van der Waals surface area contributed by atoms with Gasteiger partial charge in [-0.3, -0.25) is 0 Å². The summed E-state index contributed by atoms with van der Waals surface area (Å²) in [6.45, 7) is 17.2. The van der Waals surface area contributed by atoms with Gasteiger partial charge in [-0.25, -0.2) is 0 Å². The number of rotatable bonds is 3. The second-order valence-corrected chi connectivity index (χ2v) is 13.5. The van der Waals surface area contributed by atoms with Crippen LogP contribution in [-0.4, -0.2) is 16.0 Å². The largest absolute Gasteiger partial charge is 0.0909 e. The Kier molecular flexibility index (Phi) is 4.66. The topological polar surface area (TPSA) is 0 Å². The monoisotopic (exact) mass is 352 g/mol. The van der Waals surface area contributed by atoms with E-state index in [0.29, 0.717) is 16.2 Å². The molecule has 134 valence electrons. The number of hydrogen-bond donors (Lipinski definition) is 0. The van der Waals surface area contributed by atoms with Gasteiger partial charge in [-0.1, -0.05) is 117 Å². The molecule has 0 aliphatic heterocycles. The van der Waals surface area contributed by atoms with Gasteiger partial charge in [-0.2, -0.15) is 0 Å². The van der Waals surface area contributed by atoms with Crippen molar-refractivity contribution >= 4 is 7.92 Å². The molecule has 0 bridgehead atoms. The fourth-order valence-electron chi connectivity index (χ4n) is 5.27. The molecular weight excluding hydrogens is 319 g/mol. The van der Waals surface area contributed by atoms with Crippen LogP contribution in [0.5, 0.6) is 0 Å². The quantitative estimate of drug-likeness (QED) is 0.518. The van der Waals surface area contributed by atoms with Gasteiger partial charge in [0.2, 0.25) is 0 Å². The van der Waals surface area contributed by atoms with Gasteiger partial charge in [0.1, 0.15) is 0 Å². The Morgan fingerprint density at radius 1 is 0.680 bits per heavy atom. The highest BCUT2D eigenvalue weighted by atomic mass is 31.1. The van der Waals surface area contributed by atoms with Crippen molar-refractivity contribution in [3.63, 3.8) is 0 Å². The van der Waals surface area contributed by atoms with Crippen molar-refractivity contribution < 1.29 is 0 Å². The molecule has 0 heterocycles. The molecule has 2 unspecified atom stereocenters. The van der Waals surface area contributed by atoms with Crippen molar-refractivity contribution in [2.24, 2.45) is 5.92 Å². The Bertz CT molecular complexity index is 650. The van der Waals surface area contributed by atoms with Crippen molar-refractivity contribution in [2.45, 2.75) is 69.9 Å². The van der Waals surface area contributed by atoms with E-state index < -0.39 is 0 Å². The van der Waals surface area contributed by atoms with Crippen LogP contribution in [0.1, 0.15) is 59.6 Å². The molecule has 0 spiro atoms. The van der Waals surface area contributed by atoms with Crippen LogP contribution in [0.3, 0.4) is 0 Å². The van der Waals surface area contributed by atoms with Crippen molar-refractivity contribution in [3.8, 4) is 0 Å². The first-order valence-electron chi connectivity index (χ1n) is 9.51. The summed E-state index contributed by atoms with van der Waals surface area (Å²) in [6.07, 6.45) is 0. The molecule has 0 aromatic heterocycles. The van der Waals surface area contributed by atoms with Crippen molar-refractivity contribution in [3.05, 3.63) is 71.8 Å². The highest BCUT2D eigenvalue weighted by molar-refractivity contribution is 7.62. The summed E-state index contributed by atoms with van der Waals surface area (Å²) in [5.41, 5.74) is 3.90. The average molecular weight is 353 g/mol. The lowest BCUT2D eigenvalue weighted by Gasteiger charge is -2.43. The van der Waals surface area contributed by atoms with Gasteiger partial charge in [0.05, 0.1) is 0 Å². The van der Waals surface area contributed by atoms with E-state index in [4.69, 9.17) is 0 Å². The fraction of sp³-hybridized carbons (Fsp3) is 0.500. The summed E-state index contributed by atoms with van der Waals surface area (Å²) in [7, 11) is -0.165. The van der Waals surface area contributed by atoms with Gasteiger partial charge in [-0.05, 0) is 33.0 Å². The zero-order chi connectivity index (χ0) is 18.5. The minimum absolute atomic E-state index is 0.165. The van der Waals surface area contributed by atoms with E-state index in [2.05, 4.69) is 109 Å². The molecular formula is C24H33P. The molecule has 2 atom stereocenters. The van der Waals surface area contributed by atoms with Crippen LogP contribution < -0.4 is 0 Å². The first-order chi connectivity index (χ1) is 11.6. The molecule has 0 nitrogen and oxygen atoms in total.